The average Bonchev–Trinajstić information content (AvgIpc) is 2.06. The quantitative estimate of drug-likeness (QED) is 0.556. The lowest BCUT2D eigenvalue weighted by Gasteiger charge is -2.00. The fourth-order valence-electron chi connectivity index (χ4n) is 0.387. The molecule has 0 saturated carbocycles. The molecule has 0 rings (SSSR count). The van der Waals surface area contributed by atoms with Crippen LogP contribution in [0.5, 0.6) is 0 Å². The van der Waals surface area contributed by atoms with Gasteiger partial charge < -0.3 is 19.7 Å². The molecule has 0 spiro atoms. The van der Waals surface area contributed by atoms with Gasteiger partial charge in [-0.15, -0.1) is 0 Å². The SMILES string of the molecule is CCO.[CH2]COCCOCCO. The molecule has 0 aromatic heterocycles. The van der Waals surface area contributed by atoms with Crippen LogP contribution in [0.25, 0.3) is 0 Å². The molecule has 0 aromatic rings. The van der Waals surface area contributed by atoms with E-state index in [1.165, 1.54) is 0 Å². The molecular formula is C8H19O4. The molecular weight excluding hydrogens is 160 g/mol. The van der Waals surface area contributed by atoms with Crippen LogP contribution in [-0.2, 0) is 9.47 Å². The first-order valence-electron chi connectivity index (χ1n) is 3.99. The molecule has 0 unspecified atom stereocenters. The lowest BCUT2D eigenvalue weighted by Crippen LogP contribution is -2.06. The van der Waals surface area contributed by atoms with E-state index in [4.69, 9.17) is 19.7 Å². The molecule has 0 fully saturated rings. The number of aliphatic hydroxyl groups is 2. The summed E-state index contributed by atoms with van der Waals surface area (Å²) in [6, 6.07) is 0. The molecule has 75 valence electrons. The maximum atomic E-state index is 8.24. The summed E-state index contributed by atoms with van der Waals surface area (Å²) in [5.74, 6) is 0. The monoisotopic (exact) mass is 179 g/mol. The third-order valence-corrected chi connectivity index (χ3v) is 0.752. The Morgan fingerprint density at radius 1 is 1.08 bits per heavy atom. The van der Waals surface area contributed by atoms with E-state index in [1.807, 2.05) is 0 Å². The van der Waals surface area contributed by atoms with Gasteiger partial charge in [-0.25, -0.2) is 0 Å². The van der Waals surface area contributed by atoms with Gasteiger partial charge in [0.15, 0.2) is 0 Å². The molecule has 0 bridgehead atoms. The van der Waals surface area contributed by atoms with Crippen molar-refractivity contribution in [1.82, 2.24) is 0 Å². The molecule has 0 aliphatic carbocycles. The van der Waals surface area contributed by atoms with Crippen molar-refractivity contribution < 1.29 is 19.7 Å². The molecule has 12 heavy (non-hydrogen) atoms. The number of rotatable bonds is 6. The highest BCUT2D eigenvalue weighted by Crippen LogP contribution is 1.75. The van der Waals surface area contributed by atoms with Gasteiger partial charge in [-0.2, -0.15) is 0 Å². The van der Waals surface area contributed by atoms with Crippen molar-refractivity contribution in [1.29, 1.82) is 0 Å². The Kier molecular flexibility index (Phi) is 20.4. The zero-order valence-corrected chi connectivity index (χ0v) is 7.66. The van der Waals surface area contributed by atoms with Crippen molar-refractivity contribution in [3.05, 3.63) is 6.92 Å². The van der Waals surface area contributed by atoms with Crippen molar-refractivity contribution in [3.63, 3.8) is 0 Å². The minimum absolute atomic E-state index is 0.0738. The van der Waals surface area contributed by atoms with Crippen molar-refractivity contribution >= 4 is 0 Å². The van der Waals surface area contributed by atoms with Crippen molar-refractivity contribution in [2.45, 2.75) is 6.92 Å². The summed E-state index contributed by atoms with van der Waals surface area (Å²) < 4.78 is 9.74. The predicted molar refractivity (Wildman–Crippen MR) is 46.8 cm³/mol. The second kappa shape index (κ2) is 17.1. The van der Waals surface area contributed by atoms with E-state index >= 15 is 0 Å². The van der Waals surface area contributed by atoms with Crippen molar-refractivity contribution in [2.24, 2.45) is 0 Å². The van der Waals surface area contributed by atoms with Gasteiger partial charge in [0.2, 0.25) is 0 Å². The first-order chi connectivity index (χ1) is 5.83. The van der Waals surface area contributed by atoms with Crippen LogP contribution < -0.4 is 0 Å². The van der Waals surface area contributed by atoms with E-state index in [0.29, 0.717) is 26.4 Å². The van der Waals surface area contributed by atoms with Gasteiger partial charge in [-0.3, -0.25) is 0 Å². The lowest BCUT2D eigenvalue weighted by atomic mass is 10.7. The first kappa shape index (κ1) is 14.4. The number of hydrogen-bond acceptors (Lipinski definition) is 4. The van der Waals surface area contributed by atoms with E-state index in [1.54, 1.807) is 6.92 Å². The summed E-state index contributed by atoms with van der Waals surface area (Å²) in [7, 11) is 0. The normalized spacial score (nSPS) is 9.00. The van der Waals surface area contributed by atoms with Crippen LogP contribution >= 0.6 is 0 Å². The van der Waals surface area contributed by atoms with Crippen LogP contribution in [0.3, 0.4) is 0 Å². The van der Waals surface area contributed by atoms with Gasteiger partial charge in [0, 0.05) is 13.2 Å². The largest absolute Gasteiger partial charge is 0.397 e. The molecule has 4 heteroatoms. The van der Waals surface area contributed by atoms with Gasteiger partial charge in [0.1, 0.15) is 0 Å². The van der Waals surface area contributed by atoms with E-state index in [2.05, 4.69) is 6.92 Å². The molecule has 0 atom stereocenters. The minimum atomic E-state index is 0.0738. The molecule has 0 saturated heterocycles. The number of ether oxygens (including phenoxy) is 2. The first-order valence-corrected chi connectivity index (χ1v) is 3.99. The zero-order valence-electron chi connectivity index (χ0n) is 7.66. The summed E-state index contributed by atoms with van der Waals surface area (Å²) in [4.78, 5) is 0. The molecule has 4 nitrogen and oxygen atoms in total. The Labute approximate surface area is 74.1 Å². The maximum Gasteiger partial charge on any atom is 0.0701 e. The average molecular weight is 179 g/mol. The molecule has 0 heterocycles. The third-order valence-electron chi connectivity index (χ3n) is 0.752. The summed E-state index contributed by atoms with van der Waals surface area (Å²) in [6.45, 7) is 7.44. The summed E-state index contributed by atoms with van der Waals surface area (Å²) in [6.07, 6.45) is 0. The summed E-state index contributed by atoms with van der Waals surface area (Å²) >= 11 is 0. The van der Waals surface area contributed by atoms with Crippen LogP contribution in [0.2, 0.25) is 0 Å². The highest BCUT2D eigenvalue weighted by molar-refractivity contribution is 4.32. The molecule has 0 aliphatic heterocycles. The highest BCUT2D eigenvalue weighted by Gasteiger charge is 1.84. The van der Waals surface area contributed by atoms with Crippen LogP contribution in [0.15, 0.2) is 0 Å². The Morgan fingerprint density at radius 2 is 1.58 bits per heavy atom. The molecule has 0 aromatic carbocycles. The Hall–Kier alpha value is -0.160. The van der Waals surface area contributed by atoms with Crippen molar-refractivity contribution in [3.8, 4) is 0 Å². The summed E-state index contributed by atoms with van der Waals surface area (Å²) in [5.41, 5.74) is 0. The van der Waals surface area contributed by atoms with E-state index < -0.39 is 0 Å². The van der Waals surface area contributed by atoms with E-state index in [9.17, 15) is 0 Å². The van der Waals surface area contributed by atoms with Gasteiger partial charge >= 0.3 is 0 Å². The maximum absolute atomic E-state index is 8.24. The molecule has 0 aliphatic rings. The van der Waals surface area contributed by atoms with Crippen molar-refractivity contribution in [2.75, 3.05) is 39.6 Å². The van der Waals surface area contributed by atoms with Gasteiger partial charge in [0.25, 0.3) is 0 Å². The fraction of sp³-hybridized carbons (Fsp3) is 0.875. The standard InChI is InChI=1S/C6H13O3.C2H6O/c1-2-8-5-6-9-4-3-7;1-2-3/h7H,1-6H2;3H,2H2,1H3. The highest BCUT2D eigenvalue weighted by atomic mass is 16.5. The topological polar surface area (TPSA) is 58.9 Å². The van der Waals surface area contributed by atoms with Crippen LogP contribution in [-0.4, -0.2) is 49.9 Å². The lowest BCUT2D eigenvalue weighted by molar-refractivity contribution is 0.0408. The van der Waals surface area contributed by atoms with E-state index in [-0.39, 0.29) is 13.2 Å². The van der Waals surface area contributed by atoms with E-state index in [0.717, 1.165) is 0 Å². The molecule has 0 amide bonds. The predicted octanol–water partition coefficient (Wildman–Crippen LogP) is -0.155. The second-order valence-corrected chi connectivity index (χ2v) is 1.76. The second-order valence-electron chi connectivity index (χ2n) is 1.76. The fourth-order valence-corrected chi connectivity index (χ4v) is 0.387. The molecule has 1 radical (unpaired) electrons. The van der Waals surface area contributed by atoms with Gasteiger partial charge in [-0.1, -0.05) is 0 Å². The number of hydrogen-bond donors (Lipinski definition) is 2. The Balaban J connectivity index is 0. The number of aliphatic hydroxyl groups excluding tert-OH is 2. The van der Waals surface area contributed by atoms with Gasteiger partial charge in [-0.05, 0) is 13.8 Å². The van der Waals surface area contributed by atoms with Gasteiger partial charge in [0.05, 0.1) is 26.4 Å². The van der Waals surface area contributed by atoms with Crippen LogP contribution in [0.1, 0.15) is 6.92 Å². The zero-order chi connectivity index (χ0) is 9.66. The minimum Gasteiger partial charge on any atom is -0.397 e. The Bertz CT molecular complexity index is 53.0. The summed E-state index contributed by atoms with van der Waals surface area (Å²) in [5, 5.41) is 15.8. The molecule has 2 N–H and O–H groups in total. The van der Waals surface area contributed by atoms with Crippen LogP contribution in [0, 0.1) is 6.92 Å². The van der Waals surface area contributed by atoms with Crippen LogP contribution in [0.4, 0.5) is 0 Å². The third kappa shape index (κ3) is 22.5. The smallest absolute Gasteiger partial charge is 0.0701 e. The Morgan fingerprint density at radius 3 is 2.00 bits per heavy atom.